The Hall–Kier alpha value is -2.38. The van der Waals surface area contributed by atoms with Crippen LogP contribution in [0.5, 0.6) is 0 Å². The van der Waals surface area contributed by atoms with Gasteiger partial charge in [0.2, 0.25) is 0 Å². The molecule has 1 heteroatoms. The van der Waals surface area contributed by atoms with Crippen LogP contribution < -0.4 is 0 Å². The molecule has 0 unspecified atom stereocenters. The summed E-state index contributed by atoms with van der Waals surface area (Å²) >= 11 is 3.78. The van der Waals surface area contributed by atoms with Crippen molar-refractivity contribution >= 4 is 48.2 Å². The van der Waals surface area contributed by atoms with Crippen molar-refractivity contribution in [2.24, 2.45) is 0 Å². The first-order valence-corrected chi connectivity index (χ1v) is 8.54. The summed E-state index contributed by atoms with van der Waals surface area (Å²) in [5.41, 5.74) is 2.55. The zero-order chi connectivity index (χ0) is 15.4. The molecule has 0 aliphatic rings. The highest BCUT2D eigenvalue weighted by atomic mass is 79.9. The highest BCUT2D eigenvalue weighted by molar-refractivity contribution is 9.10. The van der Waals surface area contributed by atoms with Crippen LogP contribution in [-0.2, 0) is 0 Å². The first-order valence-electron chi connectivity index (χ1n) is 7.74. The third-order valence-corrected chi connectivity index (χ3v) is 5.34. The molecule has 0 saturated carbocycles. The number of benzene rings is 5. The molecule has 5 aromatic carbocycles. The lowest BCUT2D eigenvalue weighted by molar-refractivity contribution is 1.66. The number of rotatable bonds is 1. The molecular weight excluding hydrogens is 344 g/mol. The molecule has 0 aliphatic heterocycles. The van der Waals surface area contributed by atoms with Crippen molar-refractivity contribution in [2.75, 3.05) is 0 Å². The van der Waals surface area contributed by atoms with E-state index >= 15 is 0 Å². The van der Waals surface area contributed by atoms with Gasteiger partial charge in [0.1, 0.15) is 0 Å². The summed E-state index contributed by atoms with van der Waals surface area (Å²) in [5.74, 6) is 0. The van der Waals surface area contributed by atoms with Gasteiger partial charge in [-0.25, -0.2) is 0 Å². The largest absolute Gasteiger partial charge is 0.0622 e. The van der Waals surface area contributed by atoms with Crippen molar-refractivity contribution in [2.45, 2.75) is 0 Å². The van der Waals surface area contributed by atoms with E-state index in [-0.39, 0.29) is 0 Å². The molecule has 0 aliphatic carbocycles. The highest BCUT2D eigenvalue weighted by Gasteiger charge is 2.13. The van der Waals surface area contributed by atoms with E-state index in [9.17, 15) is 0 Å². The molecule has 0 saturated heterocycles. The molecule has 0 spiro atoms. The summed E-state index contributed by atoms with van der Waals surface area (Å²) in [6, 6.07) is 28.3. The zero-order valence-electron chi connectivity index (χ0n) is 12.4. The van der Waals surface area contributed by atoms with Crippen molar-refractivity contribution in [1.82, 2.24) is 0 Å². The lowest BCUT2D eigenvalue weighted by Gasteiger charge is -2.15. The summed E-state index contributed by atoms with van der Waals surface area (Å²) < 4.78 is 1.16. The molecule has 0 heterocycles. The van der Waals surface area contributed by atoms with E-state index in [4.69, 9.17) is 0 Å². The summed E-state index contributed by atoms with van der Waals surface area (Å²) in [4.78, 5) is 0. The fourth-order valence-electron chi connectivity index (χ4n) is 3.64. The Morgan fingerprint density at radius 2 is 1.26 bits per heavy atom. The second-order valence-corrected chi connectivity index (χ2v) is 6.81. The van der Waals surface area contributed by atoms with E-state index in [2.05, 4.69) is 94.8 Å². The van der Waals surface area contributed by atoms with Crippen LogP contribution >= 0.6 is 15.9 Å². The summed E-state index contributed by atoms with van der Waals surface area (Å²) in [6.07, 6.45) is 0. The topological polar surface area (TPSA) is 0 Å². The molecule has 0 N–H and O–H groups in total. The molecule has 0 aromatic heterocycles. The van der Waals surface area contributed by atoms with Gasteiger partial charge in [-0.3, -0.25) is 0 Å². The van der Waals surface area contributed by atoms with Crippen LogP contribution in [0.2, 0.25) is 0 Å². The normalized spacial score (nSPS) is 11.7. The molecule has 5 rings (SSSR count). The van der Waals surface area contributed by atoms with Gasteiger partial charge < -0.3 is 0 Å². The Balaban J connectivity index is 2.05. The Morgan fingerprint density at radius 1 is 0.565 bits per heavy atom. The van der Waals surface area contributed by atoms with Crippen molar-refractivity contribution in [3.05, 3.63) is 83.3 Å². The van der Waals surface area contributed by atoms with Crippen molar-refractivity contribution in [3.8, 4) is 11.1 Å². The predicted octanol–water partition coefficient (Wildman–Crippen LogP) is 7.01. The number of halogens is 1. The number of hydrogen-bond acceptors (Lipinski definition) is 0. The second kappa shape index (κ2) is 4.81. The first-order chi connectivity index (χ1) is 11.3. The molecule has 0 nitrogen and oxygen atoms in total. The third-order valence-electron chi connectivity index (χ3n) is 4.68. The summed E-state index contributed by atoms with van der Waals surface area (Å²) in [6.45, 7) is 0. The highest BCUT2D eigenvalue weighted by Crippen LogP contribution is 2.42. The molecule has 0 atom stereocenters. The van der Waals surface area contributed by atoms with E-state index in [0.29, 0.717) is 0 Å². The minimum atomic E-state index is 1.16. The van der Waals surface area contributed by atoms with Gasteiger partial charge in [0.05, 0.1) is 0 Å². The minimum Gasteiger partial charge on any atom is -0.0622 e. The van der Waals surface area contributed by atoms with Gasteiger partial charge >= 0.3 is 0 Å². The van der Waals surface area contributed by atoms with Gasteiger partial charge in [0.15, 0.2) is 0 Å². The monoisotopic (exact) mass is 356 g/mol. The van der Waals surface area contributed by atoms with Crippen LogP contribution in [-0.4, -0.2) is 0 Å². The molecule has 0 radical (unpaired) electrons. The third kappa shape index (κ3) is 1.83. The summed E-state index contributed by atoms with van der Waals surface area (Å²) in [5, 5.41) is 7.91. The Morgan fingerprint density at radius 3 is 2.09 bits per heavy atom. The van der Waals surface area contributed by atoms with Crippen molar-refractivity contribution in [1.29, 1.82) is 0 Å². The van der Waals surface area contributed by atoms with Crippen LogP contribution in [0.4, 0.5) is 0 Å². The predicted molar refractivity (Wildman–Crippen MR) is 103 cm³/mol. The van der Waals surface area contributed by atoms with Gasteiger partial charge in [-0.05, 0) is 49.5 Å². The maximum atomic E-state index is 3.78. The van der Waals surface area contributed by atoms with Gasteiger partial charge in [-0.1, -0.05) is 88.7 Å². The van der Waals surface area contributed by atoms with Gasteiger partial charge in [-0.15, -0.1) is 0 Å². The maximum absolute atomic E-state index is 3.78. The van der Waals surface area contributed by atoms with Crippen LogP contribution in [0.15, 0.2) is 83.3 Å². The maximum Gasteiger partial charge on any atom is 0.0260 e. The zero-order valence-corrected chi connectivity index (χ0v) is 14.0. The smallest absolute Gasteiger partial charge is 0.0260 e. The average molecular weight is 357 g/mol. The molecule has 108 valence electrons. The quantitative estimate of drug-likeness (QED) is 0.283. The van der Waals surface area contributed by atoms with Gasteiger partial charge in [-0.2, -0.15) is 0 Å². The van der Waals surface area contributed by atoms with Crippen molar-refractivity contribution < 1.29 is 0 Å². The van der Waals surface area contributed by atoms with Crippen LogP contribution in [0.25, 0.3) is 43.4 Å². The molecule has 0 amide bonds. The summed E-state index contributed by atoms with van der Waals surface area (Å²) in [7, 11) is 0. The Bertz CT molecular complexity index is 1160. The van der Waals surface area contributed by atoms with E-state index in [0.717, 1.165) is 4.47 Å². The Labute approximate surface area is 142 Å². The average Bonchev–Trinajstić information content (AvgIpc) is 2.61. The molecule has 23 heavy (non-hydrogen) atoms. The van der Waals surface area contributed by atoms with Gasteiger partial charge in [0, 0.05) is 4.47 Å². The molecular formula is C22H13Br. The van der Waals surface area contributed by atoms with Crippen LogP contribution in [0.3, 0.4) is 0 Å². The SMILES string of the molecule is Brc1cc2c(-c3ccccc3)ccc3ccc4cccc1c4c32. The molecule has 0 bridgehead atoms. The standard InChI is InChI=1S/C22H13Br/c23-20-13-19-17(14-5-2-1-3-6-14)12-11-16-10-9-15-7-4-8-18(20)21(15)22(16)19/h1-13H. The molecule has 0 fully saturated rings. The van der Waals surface area contributed by atoms with Crippen LogP contribution in [0.1, 0.15) is 0 Å². The van der Waals surface area contributed by atoms with Gasteiger partial charge in [0.25, 0.3) is 0 Å². The lowest BCUT2D eigenvalue weighted by atomic mass is 9.90. The van der Waals surface area contributed by atoms with Crippen molar-refractivity contribution in [3.63, 3.8) is 0 Å². The van der Waals surface area contributed by atoms with Crippen LogP contribution in [0, 0.1) is 0 Å². The number of hydrogen-bond donors (Lipinski definition) is 0. The first kappa shape index (κ1) is 13.1. The Kier molecular flexibility index (Phi) is 2.74. The van der Waals surface area contributed by atoms with E-state index < -0.39 is 0 Å². The fraction of sp³-hybridized carbons (Fsp3) is 0. The van der Waals surface area contributed by atoms with E-state index in [1.54, 1.807) is 0 Å². The minimum absolute atomic E-state index is 1.16. The van der Waals surface area contributed by atoms with E-state index in [1.807, 2.05) is 0 Å². The molecule has 5 aromatic rings. The fourth-order valence-corrected chi connectivity index (χ4v) is 4.20. The second-order valence-electron chi connectivity index (χ2n) is 5.95. The lowest BCUT2D eigenvalue weighted by Crippen LogP contribution is -1.88. The van der Waals surface area contributed by atoms with E-state index in [1.165, 1.54) is 43.4 Å².